The van der Waals surface area contributed by atoms with Gasteiger partial charge in [0.05, 0.1) is 0 Å². The summed E-state index contributed by atoms with van der Waals surface area (Å²) in [5, 5.41) is 20.1. The van der Waals surface area contributed by atoms with Crippen LogP contribution in [0.5, 0.6) is 0 Å². The monoisotopic (exact) mass is 460 g/mol. The molecule has 0 aromatic heterocycles. The van der Waals surface area contributed by atoms with E-state index in [1.54, 1.807) is 0 Å². The highest BCUT2D eigenvalue weighted by Crippen LogP contribution is 2.77. The first-order valence-corrected chi connectivity index (χ1v) is 14.0. The van der Waals surface area contributed by atoms with Gasteiger partial charge in [0.1, 0.15) is 0 Å². The third-order valence-electron chi connectivity index (χ3n) is 13.2. The van der Waals surface area contributed by atoms with Crippen molar-refractivity contribution < 1.29 is 15.0 Å². The van der Waals surface area contributed by atoms with Gasteiger partial charge in [0.2, 0.25) is 0 Å². The molecule has 4 saturated carbocycles. The number of rotatable bonds is 4. The first kappa shape index (κ1) is 25.5. The number of aliphatic carboxylic acids is 1. The van der Waals surface area contributed by atoms with Crippen molar-refractivity contribution >= 4 is 5.97 Å². The molecule has 0 radical (unpaired) electrons. The maximum absolute atomic E-state index is 11.7. The van der Waals surface area contributed by atoms with Gasteiger partial charge in [-0.2, -0.15) is 0 Å². The Morgan fingerprint density at radius 3 is 2.03 bits per heavy atom. The van der Waals surface area contributed by atoms with Crippen molar-refractivity contribution in [2.75, 3.05) is 0 Å². The molecule has 190 valence electrons. The molecule has 0 spiro atoms. The molecule has 0 aromatic carbocycles. The first-order chi connectivity index (χ1) is 15.1. The zero-order valence-electron chi connectivity index (χ0n) is 22.9. The summed E-state index contributed by atoms with van der Waals surface area (Å²) in [6, 6.07) is 0. The van der Waals surface area contributed by atoms with Crippen LogP contribution >= 0.6 is 0 Å². The number of carbonyl (C=O) groups is 1. The highest BCUT2D eigenvalue weighted by Gasteiger charge is 2.69. The topological polar surface area (TPSA) is 57.5 Å². The van der Waals surface area contributed by atoms with Gasteiger partial charge in [-0.05, 0) is 114 Å². The van der Waals surface area contributed by atoms with Gasteiger partial charge < -0.3 is 10.2 Å². The molecule has 0 heterocycles. The molecule has 4 rings (SSSR count). The predicted octanol–water partition coefficient (Wildman–Crippen LogP) is 7.70. The summed E-state index contributed by atoms with van der Waals surface area (Å²) in [6.45, 7) is 20.0. The molecule has 0 aliphatic heterocycles. The van der Waals surface area contributed by atoms with Crippen LogP contribution in [-0.2, 0) is 4.79 Å². The Morgan fingerprint density at radius 1 is 0.848 bits per heavy atom. The fourth-order valence-electron chi connectivity index (χ4n) is 10.5. The van der Waals surface area contributed by atoms with Crippen LogP contribution in [-0.4, -0.2) is 22.3 Å². The molecule has 9 atom stereocenters. The summed E-state index contributed by atoms with van der Waals surface area (Å²) in [7, 11) is 0. The second kappa shape index (κ2) is 7.71. The Balaban J connectivity index is 1.75. The fraction of sp³-hybridized carbons (Fsp3) is 0.967. The average molecular weight is 461 g/mol. The van der Waals surface area contributed by atoms with E-state index in [-0.39, 0.29) is 16.7 Å². The van der Waals surface area contributed by atoms with Crippen molar-refractivity contribution in [3.63, 3.8) is 0 Å². The maximum Gasteiger partial charge on any atom is 0.332 e. The van der Waals surface area contributed by atoms with Gasteiger partial charge in [0, 0.05) is 0 Å². The van der Waals surface area contributed by atoms with Crippen LogP contribution in [0.2, 0.25) is 0 Å². The molecule has 4 aliphatic carbocycles. The first-order valence-electron chi connectivity index (χ1n) is 14.0. The molecular formula is C30H52O3. The molecule has 0 saturated heterocycles. The second-order valence-corrected chi connectivity index (χ2v) is 15.2. The zero-order chi connectivity index (χ0) is 24.7. The zero-order valence-corrected chi connectivity index (χ0v) is 22.9. The van der Waals surface area contributed by atoms with E-state index in [0.29, 0.717) is 34.0 Å². The van der Waals surface area contributed by atoms with E-state index in [1.165, 1.54) is 57.8 Å². The van der Waals surface area contributed by atoms with Crippen LogP contribution in [0.1, 0.15) is 126 Å². The van der Waals surface area contributed by atoms with Crippen molar-refractivity contribution in [1.29, 1.82) is 0 Å². The van der Waals surface area contributed by atoms with E-state index in [4.69, 9.17) is 0 Å². The van der Waals surface area contributed by atoms with E-state index >= 15 is 0 Å². The van der Waals surface area contributed by atoms with Gasteiger partial charge in [-0.15, -0.1) is 0 Å². The van der Waals surface area contributed by atoms with E-state index in [9.17, 15) is 15.0 Å². The fourth-order valence-corrected chi connectivity index (χ4v) is 10.5. The molecule has 2 N–H and O–H groups in total. The summed E-state index contributed by atoms with van der Waals surface area (Å²) < 4.78 is 0. The van der Waals surface area contributed by atoms with E-state index < -0.39 is 12.1 Å². The molecule has 3 nitrogen and oxygen atoms in total. The molecular weight excluding hydrogens is 408 g/mol. The largest absolute Gasteiger partial charge is 0.479 e. The molecule has 4 fully saturated rings. The van der Waals surface area contributed by atoms with Gasteiger partial charge in [-0.25, -0.2) is 4.79 Å². The van der Waals surface area contributed by atoms with E-state index in [0.717, 1.165) is 12.3 Å². The van der Waals surface area contributed by atoms with Crippen molar-refractivity contribution in [2.24, 2.45) is 50.2 Å². The molecule has 3 heteroatoms. The maximum atomic E-state index is 11.7. The third-order valence-corrected chi connectivity index (χ3v) is 13.2. The molecule has 0 unspecified atom stereocenters. The normalized spacial score (nSPS) is 52.2. The van der Waals surface area contributed by atoms with Gasteiger partial charge in [-0.1, -0.05) is 61.8 Å². The van der Waals surface area contributed by atoms with Crippen molar-refractivity contribution in [2.45, 2.75) is 132 Å². The van der Waals surface area contributed by atoms with Crippen LogP contribution in [0, 0.1) is 50.2 Å². The Bertz CT molecular complexity index is 789. The smallest absolute Gasteiger partial charge is 0.332 e. The lowest BCUT2D eigenvalue weighted by Gasteiger charge is -2.74. The summed E-state index contributed by atoms with van der Waals surface area (Å²) >= 11 is 0. The van der Waals surface area contributed by atoms with Crippen molar-refractivity contribution in [1.82, 2.24) is 0 Å². The number of carboxylic acids is 1. The summed E-state index contributed by atoms with van der Waals surface area (Å²) in [5.41, 5.74) is 1.76. The number of aliphatic hydroxyl groups is 1. The Morgan fingerprint density at radius 2 is 1.42 bits per heavy atom. The van der Waals surface area contributed by atoms with Gasteiger partial charge in [0.15, 0.2) is 6.10 Å². The van der Waals surface area contributed by atoms with E-state index in [2.05, 4.69) is 55.4 Å². The Kier molecular flexibility index (Phi) is 5.96. The molecule has 4 aliphatic rings. The van der Waals surface area contributed by atoms with Crippen LogP contribution < -0.4 is 0 Å². The minimum absolute atomic E-state index is 0.103. The van der Waals surface area contributed by atoms with Crippen molar-refractivity contribution in [3.8, 4) is 0 Å². The molecule has 0 aromatic rings. The van der Waals surface area contributed by atoms with Gasteiger partial charge in [-0.3, -0.25) is 0 Å². The van der Waals surface area contributed by atoms with Crippen LogP contribution in [0.3, 0.4) is 0 Å². The summed E-state index contributed by atoms with van der Waals surface area (Å²) in [4.78, 5) is 11.7. The highest BCUT2D eigenvalue weighted by molar-refractivity contribution is 5.71. The molecule has 0 bridgehead atoms. The molecule has 0 amide bonds. The minimum Gasteiger partial charge on any atom is -0.479 e. The molecule has 33 heavy (non-hydrogen) atoms. The average Bonchev–Trinajstić information content (AvgIpc) is 2.73. The number of carboxylic acid groups (broad SMARTS) is 1. The van der Waals surface area contributed by atoms with Gasteiger partial charge in [0.25, 0.3) is 0 Å². The summed E-state index contributed by atoms with van der Waals surface area (Å²) in [5.74, 6) is 0.602. The van der Waals surface area contributed by atoms with Crippen LogP contribution in [0.25, 0.3) is 0 Å². The lowest BCUT2D eigenvalue weighted by molar-refractivity contribution is -0.253. The minimum atomic E-state index is -1.24. The van der Waals surface area contributed by atoms with Gasteiger partial charge >= 0.3 is 5.97 Å². The number of hydrogen-bond acceptors (Lipinski definition) is 2. The van der Waals surface area contributed by atoms with Crippen LogP contribution in [0.4, 0.5) is 0 Å². The number of fused-ring (bicyclic) bond motifs is 5. The standard InChI is InChI=1S/C30H52O3/c1-9-26(4)11-10-21-28(6,22(26)18-20(31)24(32)33)15-17-30(8)23-19-25(2,3)12-13-27(23,5)14-16-29(21,30)7/h20-23,31H,9-19H2,1-8H3,(H,32,33)/t20-,21+,22+,23-,26-,27-,28-,29-,30+/m1/s1. The Labute approximate surface area is 203 Å². The number of aliphatic hydroxyl groups excluding tert-OH is 1. The predicted molar refractivity (Wildman–Crippen MR) is 135 cm³/mol. The lowest BCUT2D eigenvalue weighted by atomic mass is 9.31. The Hall–Kier alpha value is -0.570. The van der Waals surface area contributed by atoms with E-state index in [1.807, 2.05) is 0 Å². The highest BCUT2D eigenvalue weighted by atomic mass is 16.4. The second-order valence-electron chi connectivity index (χ2n) is 15.2. The van der Waals surface area contributed by atoms with Crippen LogP contribution in [0.15, 0.2) is 0 Å². The van der Waals surface area contributed by atoms with Crippen molar-refractivity contribution in [3.05, 3.63) is 0 Å². The number of hydrogen-bond donors (Lipinski definition) is 2. The summed E-state index contributed by atoms with van der Waals surface area (Å²) in [6.07, 6.45) is 11.8. The third kappa shape index (κ3) is 3.56. The lowest BCUT2D eigenvalue weighted by Crippen LogP contribution is -2.66. The SMILES string of the molecule is CC[C@]1(C)CC[C@H]2[C@@](C)(CC[C@@]3(C)[C@@H]4CC(C)(C)CC[C@]4(C)CC[C@]23C)[C@H]1C[C@@H](O)C(=O)O. The quantitative estimate of drug-likeness (QED) is 0.452.